The lowest BCUT2D eigenvalue weighted by Crippen LogP contribution is -2.54. The van der Waals surface area contributed by atoms with Crippen molar-refractivity contribution in [1.29, 1.82) is 0 Å². The summed E-state index contributed by atoms with van der Waals surface area (Å²) in [7, 11) is 5.52. The van der Waals surface area contributed by atoms with Crippen LogP contribution in [0.4, 0.5) is 10.8 Å². The minimum atomic E-state index is -0.443. The number of carbonyl (C=O) groups excluding carboxylic acids is 1. The van der Waals surface area contributed by atoms with Gasteiger partial charge in [0.25, 0.3) is 0 Å². The highest BCUT2D eigenvalue weighted by Gasteiger charge is 2.39. The van der Waals surface area contributed by atoms with Crippen LogP contribution in [-0.4, -0.2) is 48.5 Å². The summed E-state index contributed by atoms with van der Waals surface area (Å²) in [6, 6.07) is 0. The van der Waals surface area contributed by atoms with Crippen LogP contribution in [0.2, 0.25) is 0 Å². The molecular formula is C12H20N4O2S. The van der Waals surface area contributed by atoms with Gasteiger partial charge in [-0.2, -0.15) is 4.37 Å². The van der Waals surface area contributed by atoms with Gasteiger partial charge >= 0.3 is 5.97 Å². The molecule has 0 unspecified atom stereocenters. The van der Waals surface area contributed by atoms with Crippen molar-refractivity contribution >= 4 is 28.3 Å². The number of nitrogens with zero attached hydrogens (tertiary/aromatic N) is 2. The van der Waals surface area contributed by atoms with Crippen molar-refractivity contribution < 1.29 is 9.53 Å². The number of hydrogen-bond acceptors (Lipinski definition) is 7. The molecule has 2 rings (SSSR count). The molecule has 0 radical (unpaired) electrons. The number of ether oxygens (including phenoxy) is 1. The van der Waals surface area contributed by atoms with Gasteiger partial charge in [-0.1, -0.05) is 0 Å². The summed E-state index contributed by atoms with van der Waals surface area (Å²) in [6.07, 6.45) is 3.57. The van der Waals surface area contributed by atoms with E-state index in [0.717, 1.165) is 19.4 Å². The standard InChI is InChI=1S/C12H20N4O2S/c1-16(2)12(5-4-6-12)7-14-10-8(11(17)18-3)9(13)15-19-10/h14H,4-7H2,1-3H3,(H2,13,15). The number of likely N-dealkylation sites (N-methyl/N-ethyl adjacent to an activating group) is 1. The highest BCUT2D eigenvalue weighted by molar-refractivity contribution is 7.11. The Hall–Kier alpha value is -1.34. The number of rotatable bonds is 5. The van der Waals surface area contributed by atoms with Crippen LogP contribution >= 0.6 is 11.5 Å². The summed E-state index contributed by atoms with van der Waals surface area (Å²) in [6.45, 7) is 0.783. The molecule has 1 aromatic rings. The molecular weight excluding hydrogens is 264 g/mol. The van der Waals surface area contributed by atoms with Crippen LogP contribution in [0.5, 0.6) is 0 Å². The molecule has 1 fully saturated rings. The molecule has 1 heterocycles. The Morgan fingerprint density at radius 2 is 2.26 bits per heavy atom. The van der Waals surface area contributed by atoms with E-state index in [4.69, 9.17) is 10.5 Å². The van der Waals surface area contributed by atoms with Gasteiger partial charge in [0.2, 0.25) is 0 Å². The SMILES string of the molecule is COC(=O)c1c(N)nsc1NCC1(N(C)C)CCC1. The molecule has 0 atom stereocenters. The lowest BCUT2D eigenvalue weighted by molar-refractivity contribution is 0.0602. The fourth-order valence-corrected chi connectivity index (χ4v) is 3.03. The Kier molecular flexibility index (Phi) is 3.96. The molecule has 3 N–H and O–H groups in total. The number of esters is 1. The van der Waals surface area contributed by atoms with E-state index in [1.807, 2.05) is 0 Å². The van der Waals surface area contributed by atoms with E-state index in [0.29, 0.717) is 10.6 Å². The third-order valence-electron chi connectivity index (χ3n) is 3.92. The first kappa shape index (κ1) is 14.1. The number of aromatic nitrogens is 1. The van der Waals surface area contributed by atoms with E-state index in [2.05, 4.69) is 28.7 Å². The van der Waals surface area contributed by atoms with Crippen molar-refractivity contribution in [2.75, 3.05) is 38.8 Å². The zero-order valence-electron chi connectivity index (χ0n) is 11.5. The molecule has 106 valence electrons. The van der Waals surface area contributed by atoms with Gasteiger partial charge < -0.3 is 20.7 Å². The number of methoxy groups -OCH3 is 1. The number of carbonyl (C=O) groups is 1. The van der Waals surface area contributed by atoms with Gasteiger partial charge in [-0.05, 0) is 44.9 Å². The lowest BCUT2D eigenvalue weighted by atomic mass is 9.75. The van der Waals surface area contributed by atoms with Crippen LogP contribution in [0.15, 0.2) is 0 Å². The largest absolute Gasteiger partial charge is 0.465 e. The first-order valence-corrected chi connectivity index (χ1v) is 7.02. The molecule has 1 saturated carbocycles. The van der Waals surface area contributed by atoms with E-state index < -0.39 is 5.97 Å². The molecule has 0 amide bonds. The first-order valence-electron chi connectivity index (χ1n) is 6.25. The normalized spacial score (nSPS) is 17.1. The maximum Gasteiger partial charge on any atom is 0.344 e. The third kappa shape index (κ3) is 2.52. The topological polar surface area (TPSA) is 80.5 Å². The number of nitrogen functional groups attached to an aromatic ring is 1. The molecule has 0 saturated heterocycles. The quantitative estimate of drug-likeness (QED) is 0.796. The van der Waals surface area contributed by atoms with Gasteiger partial charge in [0.1, 0.15) is 10.6 Å². The van der Waals surface area contributed by atoms with Crippen molar-refractivity contribution in [3.63, 3.8) is 0 Å². The molecule has 1 aliphatic carbocycles. The van der Waals surface area contributed by atoms with Crippen molar-refractivity contribution in [3.8, 4) is 0 Å². The van der Waals surface area contributed by atoms with E-state index >= 15 is 0 Å². The summed E-state index contributed by atoms with van der Waals surface area (Å²) in [4.78, 5) is 13.9. The molecule has 0 aliphatic heterocycles. The monoisotopic (exact) mass is 284 g/mol. The van der Waals surface area contributed by atoms with Crippen molar-refractivity contribution in [1.82, 2.24) is 9.27 Å². The van der Waals surface area contributed by atoms with Crippen molar-refractivity contribution in [2.24, 2.45) is 0 Å². The minimum absolute atomic E-state index is 0.173. The number of nitrogens with two attached hydrogens (primary N) is 1. The number of anilines is 2. The predicted molar refractivity (Wildman–Crippen MR) is 76.6 cm³/mol. The number of hydrogen-bond donors (Lipinski definition) is 2. The van der Waals surface area contributed by atoms with Gasteiger partial charge in [-0.3, -0.25) is 0 Å². The highest BCUT2D eigenvalue weighted by atomic mass is 32.1. The molecule has 1 aromatic heterocycles. The van der Waals surface area contributed by atoms with Crippen LogP contribution < -0.4 is 11.1 Å². The van der Waals surface area contributed by atoms with Crippen LogP contribution in [0, 0.1) is 0 Å². The third-order valence-corrected chi connectivity index (χ3v) is 4.74. The van der Waals surface area contributed by atoms with E-state index in [-0.39, 0.29) is 11.4 Å². The maximum atomic E-state index is 11.7. The van der Waals surface area contributed by atoms with E-state index in [1.54, 1.807) is 0 Å². The van der Waals surface area contributed by atoms with Crippen molar-refractivity contribution in [3.05, 3.63) is 5.56 Å². The second-order valence-corrected chi connectivity index (χ2v) is 5.86. The maximum absolute atomic E-state index is 11.7. The highest BCUT2D eigenvalue weighted by Crippen LogP contribution is 2.37. The summed E-state index contributed by atoms with van der Waals surface area (Å²) in [5.74, 6) is -0.215. The zero-order chi connectivity index (χ0) is 14.0. The lowest BCUT2D eigenvalue weighted by Gasteiger charge is -2.47. The molecule has 0 aromatic carbocycles. The molecule has 0 bridgehead atoms. The van der Waals surface area contributed by atoms with Crippen LogP contribution in [0.1, 0.15) is 29.6 Å². The average molecular weight is 284 g/mol. The first-order chi connectivity index (χ1) is 9.00. The second-order valence-electron chi connectivity index (χ2n) is 5.09. The van der Waals surface area contributed by atoms with Crippen LogP contribution in [0.25, 0.3) is 0 Å². The van der Waals surface area contributed by atoms with E-state index in [1.165, 1.54) is 25.1 Å². The summed E-state index contributed by atoms with van der Waals surface area (Å²) < 4.78 is 8.75. The van der Waals surface area contributed by atoms with Gasteiger partial charge in [0.05, 0.1) is 7.11 Å². The van der Waals surface area contributed by atoms with Gasteiger partial charge in [-0.15, -0.1) is 0 Å². The predicted octanol–water partition coefficient (Wildman–Crippen LogP) is 1.41. The molecule has 1 aliphatic rings. The Morgan fingerprint density at radius 3 is 2.74 bits per heavy atom. The Balaban J connectivity index is 2.10. The average Bonchev–Trinajstić information content (AvgIpc) is 2.68. The summed E-state index contributed by atoms with van der Waals surface area (Å²) in [5.41, 5.74) is 6.23. The molecule has 19 heavy (non-hydrogen) atoms. The Bertz CT molecular complexity index is 468. The van der Waals surface area contributed by atoms with Crippen LogP contribution in [-0.2, 0) is 4.74 Å². The fraction of sp³-hybridized carbons (Fsp3) is 0.667. The summed E-state index contributed by atoms with van der Waals surface area (Å²) >= 11 is 1.20. The Labute approximate surface area is 117 Å². The zero-order valence-corrected chi connectivity index (χ0v) is 12.3. The van der Waals surface area contributed by atoms with Gasteiger partial charge in [0.15, 0.2) is 5.82 Å². The molecule has 7 heteroatoms. The Morgan fingerprint density at radius 1 is 1.58 bits per heavy atom. The molecule has 0 spiro atoms. The minimum Gasteiger partial charge on any atom is -0.465 e. The van der Waals surface area contributed by atoms with Gasteiger partial charge in [0, 0.05) is 12.1 Å². The van der Waals surface area contributed by atoms with Gasteiger partial charge in [-0.25, -0.2) is 4.79 Å². The van der Waals surface area contributed by atoms with Crippen LogP contribution in [0.3, 0.4) is 0 Å². The number of nitrogens with one attached hydrogen (secondary N) is 1. The van der Waals surface area contributed by atoms with E-state index in [9.17, 15) is 4.79 Å². The van der Waals surface area contributed by atoms with Crippen molar-refractivity contribution in [2.45, 2.75) is 24.8 Å². The smallest absolute Gasteiger partial charge is 0.344 e. The summed E-state index contributed by atoms with van der Waals surface area (Å²) in [5, 5.41) is 4.00. The second kappa shape index (κ2) is 5.34. The fourth-order valence-electron chi connectivity index (χ4n) is 2.33. The molecule has 6 nitrogen and oxygen atoms in total.